The minimum atomic E-state index is 0.0152. The smallest absolute Gasteiger partial charge is 0.246 e. The second-order valence-corrected chi connectivity index (χ2v) is 9.09. The highest BCUT2D eigenvalue weighted by atomic mass is 79.9. The molecule has 1 aromatic carbocycles. The van der Waals surface area contributed by atoms with Gasteiger partial charge >= 0.3 is 0 Å². The number of carbonyl (C=O) groups is 1. The van der Waals surface area contributed by atoms with Gasteiger partial charge in [-0.2, -0.15) is 0 Å². The Kier molecular flexibility index (Phi) is 7.01. The minimum Gasteiger partial charge on any atom is -0.365 e. The molecule has 0 spiro atoms. The standard InChI is InChI=1S/C23H32BrN5O/c1-7-9-17(8-2)27-22-21-23(26-15(5)25-22)29(13-20(30)28(21)6)19-11-10-16(14(3)4)12-18(19)24/h10-12,14,17H,7-9,13H2,1-6H3,(H,25,26,27). The third-order valence-corrected chi connectivity index (χ3v) is 6.27. The molecule has 0 fully saturated rings. The second kappa shape index (κ2) is 9.33. The summed E-state index contributed by atoms with van der Waals surface area (Å²) in [7, 11) is 1.81. The normalized spacial score (nSPS) is 14.9. The van der Waals surface area contributed by atoms with Crippen LogP contribution in [0.1, 0.15) is 64.3 Å². The monoisotopic (exact) mass is 473 g/mol. The zero-order valence-corrected chi connectivity index (χ0v) is 20.4. The number of halogens is 1. The van der Waals surface area contributed by atoms with Gasteiger partial charge in [-0.05, 0) is 59.3 Å². The summed E-state index contributed by atoms with van der Waals surface area (Å²) >= 11 is 3.72. The van der Waals surface area contributed by atoms with E-state index in [9.17, 15) is 4.79 Å². The first kappa shape index (κ1) is 22.5. The van der Waals surface area contributed by atoms with Gasteiger partial charge in [0, 0.05) is 17.6 Å². The van der Waals surface area contributed by atoms with E-state index in [1.165, 1.54) is 5.56 Å². The van der Waals surface area contributed by atoms with Crippen molar-refractivity contribution in [3.63, 3.8) is 0 Å². The van der Waals surface area contributed by atoms with Crippen molar-refractivity contribution in [2.45, 2.75) is 65.8 Å². The quantitative estimate of drug-likeness (QED) is 0.552. The molecule has 1 aliphatic heterocycles. The number of carbonyl (C=O) groups excluding carboxylic acids is 1. The van der Waals surface area contributed by atoms with Crippen molar-refractivity contribution in [3.05, 3.63) is 34.1 Å². The van der Waals surface area contributed by atoms with Gasteiger partial charge in [0.25, 0.3) is 0 Å². The van der Waals surface area contributed by atoms with Gasteiger partial charge in [-0.15, -0.1) is 0 Å². The molecule has 0 saturated carbocycles. The molecule has 1 aromatic heterocycles. The number of aryl methyl sites for hydroxylation is 1. The molecule has 0 saturated heterocycles. The number of benzene rings is 1. The molecule has 3 rings (SSSR count). The lowest BCUT2D eigenvalue weighted by atomic mass is 10.0. The maximum Gasteiger partial charge on any atom is 0.246 e. The van der Waals surface area contributed by atoms with Gasteiger partial charge < -0.3 is 15.1 Å². The molecular weight excluding hydrogens is 442 g/mol. The Morgan fingerprint density at radius 1 is 1.23 bits per heavy atom. The number of nitrogens with one attached hydrogen (secondary N) is 1. The van der Waals surface area contributed by atoms with Gasteiger partial charge in [0.15, 0.2) is 11.6 Å². The average Bonchev–Trinajstić information content (AvgIpc) is 2.70. The van der Waals surface area contributed by atoms with E-state index in [1.807, 2.05) is 11.8 Å². The van der Waals surface area contributed by atoms with Crippen molar-refractivity contribution in [2.24, 2.45) is 0 Å². The number of rotatable bonds is 7. The van der Waals surface area contributed by atoms with Crippen LogP contribution >= 0.6 is 15.9 Å². The van der Waals surface area contributed by atoms with E-state index in [4.69, 9.17) is 4.98 Å². The van der Waals surface area contributed by atoms with E-state index >= 15 is 0 Å². The Morgan fingerprint density at radius 3 is 2.57 bits per heavy atom. The molecule has 162 valence electrons. The van der Waals surface area contributed by atoms with Gasteiger partial charge in [-0.1, -0.05) is 40.2 Å². The number of anilines is 4. The van der Waals surface area contributed by atoms with Crippen LogP contribution in [-0.2, 0) is 4.79 Å². The zero-order valence-electron chi connectivity index (χ0n) is 18.8. The summed E-state index contributed by atoms with van der Waals surface area (Å²) in [5, 5.41) is 3.58. The molecule has 7 heteroatoms. The molecule has 0 aliphatic carbocycles. The largest absolute Gasteiger partial charge is 0.365 e. The van der Waals surface area contributed by atoms with Crippen molar-refractivity contribution in [1.82, 2.24) is 9.97 Å². The summed E-state index contributed by atoms with van der Waals surface area (Å²) in [4.78, 5) is 26.0. The van der Waals surface area contributed by atoms with Gasteiger partial charge in [-0.25, -0.2) is 9.97 Å². The fraction of sp³-hybridized carbons (Fsp3) is 0.522. The fourth-order valence-corrected chi connectivity index (χ4v) is 4.42. The molecule has 6 nitrogen and oxygen atoms in total. The predicted molar refractivity (Wildman–Crippen MR) is 128 cm³/mol. The van der Waals surface area contributed by atoms with Crippen LogP contribution in [0.25, 0.3) is 0 Å². The number of aromatic nitrogens is 2. The lowest BCUT2D eigenvalue weighted by Crippen LogP contribution is -2.43. The van der Waals surface area contributed by atoms with Crippen molar-refractivity contribution >= 4 is 44.8 Å². The third-order valence-electron chi connectivity index (χ3n) is 5.64. The SMILES string of the molecule is CCCC(CC)Nc1nc(C)nc2c1N(C)C(=O)CN2c1ccc(C(C)C)cc1Br. The van der Waals surface area contributed by atoms with Crippen molar-refractivity contribution in [2.75, 3.05) is 28.7 Å². The van der Waals surface area contributed by atoms with Gasteiger partial charge in [0.2, 0.25) is 5.91 Å². The molecule has 1 atom stereocenters. The molecular formula is C23H32BrN5O. The molecule has 0 radical (unpaired) electrons. The first-order valence-electron chi connectivity index (χ1n) is 10.7. The van der Waals surface area contributed by atoms with Crippen LogP contribution in [0.3, 0.4) is 0 Å². The molecule has 1 N–H and O–H groups in total. The first-order valence-corrected chi connectivity index (χ1v) is 11.5. The number of amides is 1. The van der Waals surface area contributed by atoms with Crippen molar-refractivity contribution < 1.29 is 4.79 Å². The highest BCUT2D eigenvalue weighted by molar-refractivity contribution is 9.10. The highest BCUT2D eigenvalue weighted by Crippen LogP contribution is 2.43. The molecule has 30 heavy (non-hydrogen) atoms. The van der Waals surface area contributed by atoms with E-state index in [0.717, 1.165) is 46.7 Å². The highest BCUT2D eigenvalue weighted by Gasteiger charge is 2.33. The Bertz CT molecular complexity index is 930. The van der Waals surface area contributed by atoms with Crippen LogP contribution in [0.4, 0.5) is 23.0 Å². The summed E-state index contributed by atoms with van der Waals surface area (Å²) in [6.45, 7) is 10.8. The molecule has 2 heterocycles. The number of likely N-dealkylation sites (N-methyl/N-ethyl adjacent to an activating group) is 1. The summed E-state index contributed by atoms with van der Waals surface area (Å²) in [5.74, 6) is 2.62. The van der Waals surface area contributed by atoms with E-state index < -0.39 is 0 Å². The topological polar surface area (TPSA) is 61.4 Å². The summed E-state index contributed by atoms with van der Waals surface area (Å²) in [6, 6.07) is 6.63. The molecule has 1 unspecified atom stereocenters. The zero-order chi connectivity index (χ0) is 22.0. The second-order valence-electron chi connectivity index (χ2n) is 8.23. The van der Waals surface area contributed by atoms with Gasteiger partial charge in [-0.3, -0.25) is 4.79 Å². The van der Waals surface area contributed by atoms with Crippen LogP contribution in [0.15, 0.2) is 22.7 Å². The van der Waals surface area contributed by atoms with Gasteiger partial charge in [0.1, 0.15) is 18.1 Å². The fourth-order valence-electron chi connectivity index (χ4n) is 3.81. The molecule has 2 aromatic rings. The van der Waals surface area contributed by atoms with Crippen LogP contribution in [0.5, 0.6) is 0 Å². The lowest BCUT2D eigenvalue weighted by Gasteiger charge is -2.36. The summed E-state index contributed by atoms with van der Waals surface area (Å²) in [6.07, 6.45) is 3.14. The van der Waals surface area contributed by atoms with Crippen LogP contribution in [0.2, 0.25) is 0 Å². The Balaban J connectivity index is 2.11. The van der Waals surface area contributed by atoms with Crippen LogP contribution < -0.4 is 15.1 Å². The summed E-state index contributed by atoms with van der Waals surface area (Å²) in [5.41, 5.74) is 2.93. The van der Waals surface area contributed by atoms with E-state index in [0.29, 0.717) is 17.8 Å². The molecule has 1 aliphatic rings. The predicted octanol–water partition coefficient (Wildman–Crippen LogP) is 5.78. The first-order chi connectivity index (χ1) is 14.3. The van der Waals surface area contributed by atoms with Crippen LogP contribution in [0, 0.1) is 6.92 Å². The minimum absolute atomic E-state index is 0.0152. The Morgan fingerprint density at radius 2 is 1.97 bits per heavy atom. The average molecular weight is 474 g/mol. The van der Waals surface area contributed by atoms with E-state index in [-0.39, 0.29) is 12.5 Å². The Hall–Kier alpha value is -2.15. The Labute approximate surface area is 188 Å². The number of fused-ring (bicyclic) bond motifs is 1. The number of nitrogens with zero attached hydrogens (tertiary/aromatic N) is 4. The van der Waals surface area contributed by atoms with Crippen molar-refractivity contribution in [1.29, 1.82) is 0 Å². The lowest BCUT2D eigenvalue weighted by molar-refractivity contribution is -0.117. The summed E-state index contributed by atoms with van der Waals surface area (Å²) < 4.78 is 0.959. The third kappa shape index (κ3) is 4.46. The van der Waals surface area contributed by atoms with Crippen molar-refractivity contribution in [3.8, 4) is 0 Å². The van der Waals surface area contributed by atoms with E-state index in [1.54, 1.807) is 11.9 Å². The van der Waals surface area contributed by atoms with E-state index in [2.05, 4.69) is 72.1 Å². The van der Waals surface area contributed by atoms with Gasteiger partial charge in [0.05, 0.1) is 5.69 Å². The van der Waals surface area contributed by atoms with Crippen LogP contribution in [-0.4, -0.2) is 35.5 Å². The number of hydrogen-bond acceptors (Lipinski definition) is 5. The maximum absolute atomic E-state index is 12.9. The number of hydrogen-bond donors (Lipinski definition) is 1. The maximum atomic E-state index is 12.9. The molecule has 0 bridgehead atoms. The molecule has 1 amide bonds.